The summed E-state index contributed by atoms with van der Waals surface area (Å²) in [5, 5.41) is 0. The molecule has 1 aromatic rings. The molecule has 15 heavy (non-hydrogen) atoms. The maximum atomic E-state index is 5.35. The number of rotatable bonds is 2. The van der Waals surface area contributed by atoms with Crippen LogP contribution >= 0.6 is 28.1 Å². The van der Waals surface area contributed by atoms with Gasteiger partial charge in [-0.25, -0.2) is 4.98 Å². The Morgan fingerprint density at radius 1 is 1.67 bits per heavy atom. The number of aromatic nitrogens is 2. The van der Waals surface area contributed by atoms with Gasteiger partial charge in [-0.1, -0.05) is 19.1 Å². The van der Waals surface area contributed by atoms with E-state index in [2.05, 4.69) is 32.8 Å². The van der Waals surface area contributed by atoms with Crippen molar-refractivity contribution < 1.29 is 4.74 Å². The number of nitrogens with one attached hydrogen (secondary N) is 1. The molecule has 0 spiro atoms. The van der Waals surface area contributed by atoms with Crippen LogP contribution in [0.15, 0.2) is 4.47 Å². The van der Waals surface area contributed by atoms with Crippen LogP contribution in [-0.4, -0.2) is 23.2 Å². The van der Waals surface area contributed by atoms with E-state index in [1.807, 2.05) is 0 Å². The van der Waals surface area contributed by atoms with Gasteiger partial charge in [-0.05, 0) is 28.8 Å². The quantitative estimate of drug-likeness (QED) is 0.851. The molecule has 1 aromatic heterocycles. The zero-order valence-electron chi connectivity index (χ0n) is 8.55. The van der Waals surface area contributed by atoms with Crippen LogP contribution in [0.3, 0.4) is 0 Å². The summed E-state index contributed by atoms with van der Waals surface area (Å²) < 4.78 is 6.91. The van der Waals surface area contributed by atoms with E-state index >= 15 is 0 Å². The number of hydrogen-bond acceptors (Lipinski definition) is 3. The summed E-state index contributed by atoms with van der Waals surface area (Å²) >= 11 is 8.67. The van der Waals surface area contributed by atoms with Crippen molar-refractivity contribution >= 4 is 28.1 Å². The van der Waals surface area contributed by atoms with Crippen molar-refractivity contribution in [2.75, 3.05) is 13.2 Å². The fourth-order valence-corrected chi connectivity index (χ4v) is 2.40. The van der Waals surface area contributed by atoms with E-state index in [0.29, 0.717) is 10.6 Å². The molecule has 3 nitrogen and oxygen atoms in total. The maximum Gasteiger partial charge on any atom is 0.144 e. The van der Waals surface area contributed by atoms with Crippen molar-refractivity contribution in [3.63, 3.8) is 0 Å². The summed E-state index contributed by atoms with van der Waals surface area (Å²) in [5.74, 6) is 1.35. The lowest BCUT2D eigenvalue weighted by molar-refractivity contribution is 0.193. The maximum absolute atomic E-state index is 5.35. The lowest BCUT2D eigenvalue weighted by Crippen LogP contribution is -2.07. The van der Waals surface area contributed by atoms with Crippen LogP contribution < -0.4 is 0 Å². The molecule has 1 saturated heterocycles. The van der Waals surface area contributed by atoms with Crippen molar-refractivity contribution in [3.8, 4) is 0 Å². The van der Waals surface area contributed by atoms with E-state index in [0.717, 1.165) is 42.0 Å². The Morgan fingerprint density at radius 3 is 3.07 bits per heavy atom. The van der Waals surface area contributed by atoms with E-state index in [1.165, 1.54) is 0 Å². The molecule has 5 heteroatoms. The molecule has 0 radical (unpaired) electrons. The van der Waals surface area contributed by atoms with Gasteiger partial charge in [-0.3, -0.25) is 0 Å². The smallest absolute Gasteiger partial charge is 0.144 e. The third-order valence-corrected chi connectivity index (χ3v) is 4.04. The first-order chi connectivity index (χ1) is 7.22. The zero-order chi connectivity index (χ0) is 10.8. The Balaban J connectivity index is 2.40. The molecular weight excluding hydrogens is 276 g/mol. The van der Waals surface area contributed by atoms with Crippen LogP contribution in [0.1, 0.15) is 30.8 Å². The minimum atomic E-state index is 0.380. The average molecular weight is 289 g/mol. The summed E-state index contributed by atoms with van der Waals surface area (Å²) in [6.45, 7) is 3.67. The SMILES string of the molecule is CCc1[nH]c(C2CCOC2)nc(=S)c1Br. The molecule has 0 aliphatic carbocycles. The summed E-state index contributed by atoms with van der Waals surface area (Å²) in [6, 6.07) is 0. The highest BCUT2D eigenvalue weighted by Gasteiger charge is 2.20. The number of aromatic amines is 1. The predicted molar refractivity (Wildman–Crippen MR) is 64.7 cm³/mol. The molecule has 1 unspecified atom stereocenters. The molecule has 0 saturated carbocycles. The second-order valence-corrected chi connectivity index (χ2v) is 4.81. The molecular formula is C10H13BrN2OS. The van der Waals surface area contributed by atoms with Crippen molar-refractivity contribution in [2.45, 2.75) is 25.7 Å². The first-order valence-electron chi connectivity index (χ1n) is 5.08. The fourth-order valence-electron chi connectivity index (χ4n) is 1.71. The van der Waals surface area contributed by atoms with Crippen molar-refractivity contribution in [1.29, 1.82) is 0 Å². The minimum absolute atomic E-state index is 0.380. The molecule has 82 valence electrons. The van der Waals surface area contributed by atoms with Gasteiger partial charge in [0.2, 0.25) is 0 Å². The van der Waals surface area contributed by atoms with Crippen LogP contribution in [0.4, 0.5) is 0 Å². The monoisotopic (exact) mass is 288 g/mol. The zero-order valence-corrected chi connectivity index (χ0v) is 10.9. The fraction of sp³-hybridized carbons (Fsp3) is 0.600. The molecule has 1 N–H and O–H groups in total. The van der Waals surface area contributed by atoms with Gasteiger partial charge in [-0.15, -0.1) is 0 Å². The standard InChI is InChI=1S/C10H13BrN2OS/c1-2-7-8(11)10(15)13-9(12-7)6-3-4-14-5-6/h6H,2-5H2,1H3,(H,12,13,15). The highest BCUT2D eigenvalue weighted by atomic mass is 79.9. The third-order valence-electron chi connectivity index (χ3n) is 2.62. The Bertz CT molecular complexity index is 412. The molecule has 2 rings (SSSR count). The first-order valence-corrected chi connectivity index (χ1v) is 6.28. The number of nitrogens with zero attached hydrogens (tertiary/aromatic N) is 1. The van der Waals surface area contributed by atoms with E-state index in [1.54, 1.807) is 0 Å². The largest absolute Gasteiger partial charge is 0.381 e. The molecule has 1 aliphatic heterocycles. The Kier molecular flexibility index (Phi) is 3.53. The molecule has 1 atom stereocenters. The average Bonchev–Trinajstić information content (AvgIpc) is 2.75. The van der Waals surface area contributed by atoms with Gasteiger partial charge in [0.15, 0.2) is 0 Å². The summed E-state index contributed by atoms with van der Waals surface area (Å²) in [6.07, 6.45) is 1.95. The van der Waals surface area contributed by atoms with Gasteiger partial charge >= 0.3 is 0 Å². The summed E-state index contributed by atoms with van der Waals surface area (Å²) in [7, 11) is 0. The van der Waals surface area contributed by atoms with Crippen molar-refractivity contribution in [1.82, 2.24) is 9.97 Å². The van der Waals surface area contributed by atoms with Gasteiger partial charge in [-0.2, -0.15) is 0 Å². The van der Waals surface area contributed by atoms with Crippen LogP contribution in [-0.2, 0) is 11.2 Å². The predicted octanol–water partition coefficient (Wildman–Crippen LogP) is 2.97. The highest BCUT2D eigenvalue weighted by Crippen LogP contribution is 2.25. The van der Waals surface area contributed by atoms with Gasteiger partial charge in [0.25, 0.3) is 0 Å². The number of halogens is 1. The Labute approximate surface area is 102 Å². The van der Waals surface area contributed by atoms with E-state index in [4.69, 9.17) is 17.0 Å². The van der Waals surface area contributed by atoms with E-state index in [-0.39, 0.29) is 0 Å². The van der Waals surface area contributed by atoms with Crippen molar-refractivity contribution in [2.24, 2.45) is 0 Å². The molecule has 0 aromatic carbocycles. The molecule has 2 heterocycles. The molecule has 1 fully saturated rings. The van der Waals surface area contributed by atoms with Crippen LogP contribution in [0.2, 0.25) is 0 Å². The van der Waals surface area contributed by atoms with E-state index in [9.17, 15) is 0 Å². The van der Waals surface area contributed by atoms with Gasteiger partial charge in [0.05, 0.1) is 11.1 Å². The minimum Gasteiger partial charge on any atom is -0.381 e. The lowest BCUT2D eigenvalue weighted by Gasteiger charge is -2.10. The highest BCUT2D eigenvalue weighted by molar-refractivity contribution is 9.10. The molecule has 0 bridgehead atoms. The topological polar surface area (TPSA) is 37.9 Å². The van der Waals surface area contributed by atoms with Crippen LogP contribution in [0, 0.1) is 4.64 Å². The molecule has 0 amide bonds. The lowest BCUT2D eigenvalue weighted by atomic mass is 10.1. The Morgan fingerprint density at radius 2 is 2.47 bits per heavy atom. The molecule has 1 aliphatic rings. The van der Waals surface area contributed by atoms with Crippen LogP contribution in [0.25, 0.3) is 0 Å². The van der Waals surface area contributed by atoms with E-state index < -0.39 is 0 Å². The summed E-state index contributed by atoms with van der Waals surface area (Å²) in [5.41, 5.74) is 1.12. The van der Waals surface area contributed by atoms with Crippen LogP contribution in [0.5, 0.6) is 0 Å². The van der Waals surface area contributed by atoms with Gasteiger partial charge in [0.1, 0.15) is 10.5 Å². The van der Waals surface area contributed by atoms with Gasteiger partial charge in [0, 0.05) is 18.2 Å². The van der Waals surface area contributed by atoms with Gasteiger partial charge < -0.3 is 9.72 Å². The Hall–Kier alpha value is -0.260. The second-order valence-electron chi connectivity index (χ2n) is 3.63. The normalized spacial score (nSPS) is 20.8. The number of ether oxygens (including phenoxy) is 1. The number of aryl methyl sites for hydroxylation is 1. The summed E-state index contributed by atoms with van der Waals surface area (Å²) in [4.78, 5) is 7.74. The van der Waals surface area contributed by atoms with Crippen molar-refractivity contribution in [3.05, 3.63) is 20.6 Å². The number of H-pyrrole nitrogens is 1. The third kappa shape index (κ3) is 2.29. The second kappa shape index (κ2) is 4.72. The number of hydrogen-bond donors (Lipinski definition) is 1. The first kappa shape index (κ1) is 11.2.